The summed E-state index contributed by atoms with van der Waals surface area (Å²) >= 11 is 0. The maximum atomic E-state index is 12.3. The SMILES string of the molecule is COc1ccccc1N1CCC(NC(=O)[C@H](C)N)C1=O. The number of para-hydroxylation sites is 2. The lowest BCUT2D eigenvalue weighted by molar-refractivity contribution is -0.127. The minimum absolute atomic E-state index is 0.136. The molecule has 6 heteroatoms. The Labute approximate surface area is 117 Å². The summed E-state index contributed by atoms with van der Waals surface area (Å²) in [7, 11) is 1.56. The number of nitrogens with one attached hydrogen (secondary N) is 1. The maximum Gasteiger partial charge on any atom is 0.249 e. The summed E-state index contributed by atoms with van der Waals surface area (Å²) in [5.41, 5.74) is 6.21. The van der Waals surface area contributed by atoms with Gasteiger partial charge in [0, 0.05) is 6.54 Å². The van der Waals surface area contributed by atoms with Crippen LogP contribution >= 0.6 is 0 Å². The first-order valence-corrected chi connectivity index (χ1v) is 6.55. The molecule has 0 saturated carbocycles. The van der Waals surface area contributed by atoms with E-state index >= 15 is 0 Å². The number of nitrogens with two attached hydrogens (primary N) is 1. The summed E-state index contributed by atoms with van der Waals surface area (Å²) < 4.78 is 5.26. The van der Waals surface area contributed by atoms with Gasteiger partial charge in [-0.25, -0.2) is 0 Å². The highest BCUT2D eigenvalue weighted by Crippen LogP contribution is 2.30. The molecule has 0 radical (unpaired) electrons. The number of carbonyl (C=O) groups is 2. The van der Waals surface area contributed by atoms with E-state index in [9.17, 15) is 9.59 Å². The van der Waals surface area contributed by atoms with E-state index in [1.807, 2.05) is 18.2 Å². The Hall–Kier alpha value is -2.08. The fourth-order valence-electron chi connectivity index (χ4n) is 2.21. The van der Waals surface area contributed by atoms with E-state index in [-0.39, 0.29) is 11.8 Å². The van der Waals surface area contributed by atoms with Crippen molar-refractivity contribution in [1.82, 2.24) is 5.32 Å². The molecule has 1 fully saturated rings. The molecule has 3 N–H and O–H groups in total. The van der Waals surface area contributed by atoms with Crippen molar-refractivity contribution in [2.24, 2.45) is 5.73 Å². The molecule has 0 aliphatic carbocycles. The van der Waals surface area contributed by atoms with Gasteiger partial charge in [0.25, 0.3) is 0 Å². The van der Waals surface area contributed by atoms with Crippen LogP contribution in [0.5, 0.6) is 5.75 Å². The Balaban J connectivity index is 2.13. The van der Waals surface area contributed by atoms with Gasteiger partial charge < -0.3 is 20.7 Å². The molecular weight excluding hydrogens is 258 g/mol. The average molecular weight is 277 g/mol. The quantitative estimate of drug-likeness (QED) is 0.827. The van der Waals surface area contributed by atoms with Crippen molar-refractivity contribution in [2.45, 2.75) is 25.4 Å². The van der Waals surface area contributed by atoms with Crippen LogP contribution in [0.4, 0.5) is 5.69 Å². The molecule has 2 amide bonds. The Morgan fingerprint density at radius 1 is 1.50 bits per heavy atom. The number of rotatable bonds is 4. The lowest BCUT2D eigenvalue weighted by atomic mass is 10.2. The second kappa shape index (κ2) is 5.92. The van der Waals surface area contributed by atoms with Crippen molar-refractivity contribution in [3.05, 3.63) is 24.3 Å². The standard InChI is InChI=1S/C14H19N3O3/c1-9(15)13(18)16-10-7-8-17(14(10)19)11-5-3-4-6-12(11)20-2/h3-6,9-10H,7-8,15H2,1-2H3,(H,16,18)/t9-,10?/m0/s1. The largest absolute Gasteiger partial charge is 0.495 e. The molecule has 0 aromatic heterocycles. The van der Waals surface area contributed by atoms with Crippen LogP contribution in [-0.4, -0.2) is 37.6 Å². The molecule has 2 atom stereocenters. The third-order valence-corrected chi connectivity index (χ3v) is 3.31. The number of benzene rings is 1. The number of carbonyl (C=O) groups excluding carboxylic acids is 2. The first-order valence-electron chi connectivity index (χ1n) is 6.55. The van der Waals surface area contributed by atoms with Crippen LogP contribution in [0, 0.1) is 0 Å². The van der Waals surface area contributed by atoms with Crippen molar-refractivity contribution in [2.75, 3.05) is 18.6 Å². The van der Waals surface area contributed by atoms with Crippen LogP contribution in [0.25, 0.3) is 0 Å². The molecule has 6 nitrogen and oxygen atoms in total. The summed E-state index contributed by atoms with van der Waals surface area (Å²) in [6.07, 6.45) is 0.565. The van der Waals surface area contributed by atoms with Gasteiger partial charge in [0.15, 0.2) is 0 Å². The molecule has 2 rings (SSSR count). The van der Waals surface area contributed by atoms with Crippen molar-refractivity contribution in [3.8, 4) is 5.75 Å². The van der Waals surface area contributed by atoms with E-state index in [0.29, 0.717) is 18.7 Å². The van der Waals surface area contributed by atoms with Gasteiger partial charge in [-0.2, -0.15) is 0 Å². The third-order valence-electron chi connectivity index (χ3n) is 3.31. The minimum atomic E-state index is -0.622. The summed E-state index contributed by atoms with van der Waals surface area (Å²) in [5, 5.41) is 2.67. The monoisotopic (exact) mass is 277 g/mol. The number of nitrogens with zero attached hydrogens (tertiary/aromatic N) is 1. The molecule has 108 valence electrons. The molecule has 20 heavy (non-hydrogen) atoms. The fourth-order valence-corrected chi connectivity index (χ4v) is 2.21. The van der Waals surface area contributed by atoms with E-state index < -0.39 is 12.1 Å². The molecule has 1 heterocycles. The minimum Gasteiger partial charge on any atom is -0.495 e. The Morgan fingerprint density at radius 3 is 2.85 bits per heavy atom. The van der Waals surface area contributed by atoms with Gasteiger partial charge in [0.2, 0.25) is 11.8 Å². The van der Waals surface area contributed by atoms with Gasteiger partial charge in [0.1, 0.15) is 11.8 Å². The summed E-state index contributed by atoms with van der Waals surface area (Å²) in [6, 6.07) is 6.18. The van der Waals surface area contributed by atoms with Crippen LogP contribution in [0.15, 0.2) is 24.3 Å². The van der Waals surface area contributed by atoms with Crippen LogP contribution in [0.1, 0.15) is 13.3 Å². The molecule has 1 aliphatic heterocycles. The number of methoxy groups -OCH3 is 1. The Morgan fingerprint density at radius 2 is 2.20 bits per heavy atom. The molecule has 1 aromatic rings. The maximum absolute atomic E-state index is 12.3. The van der Waals surface area contributed by atoms with Crippen molar-refractivity contribution in [3.63, 3.8) is 0 Å². The fraction of sp³-hybridized carbons (Fsp3) is 0.429. The van der Waals surface area contributed by atoms with Crippen LogP contribution < -0.4 is 20.7 Å². The van der Waals surface area contributed by atoms with Crippen LogP contribution in [-0.2, 0) is 9.59 Å². The predicted octanol–water partition coefficient (Wildman–Crippen LogP) is 0.264. The van der Waals surface area contributed by atoms with E-state index in [0.717, 1.165) is 5.69 Å². The second-order valence-electron chi connectivity index (χ2n) is 4.80. The number of ether oxygens (including phenoxy) is 1. The first kappa shape index (κ1) is 14.3. The number of amides is 2. The van der Waals surface area contributed by atoms with Gasteiger partial charge in [-0.1, -0.05) is 12.1 Å². The lowest BCUT2D eigenvalue weighted by Gasteiger charge is -2.20. The van der Waals surface area contributed by atoms with Gasteiger partial charge in [-0.3, -0.25) is 9.59 Å². The zero-order valence-corrected chi connectivity index (χ0v) is 11.6. The van der Waals surface area contributed by atoms with Gasteiger partial charge in [0.05, 0.1) is 18.8 Å². The molecule has 1 unspecified atom stereocenters. The molecular formula is C14H19N3O3. The molecule has 1 saturated heterocycles. The topological polar surface area (TPSA) is 84.7 Å². The average Bonchev–Trinajstić information content (AvgIpc) is 2.80. The Kier molecular flexibility index (Phi) is 4.24. The van der Waals surface area contributed by atoms with E-state index in [1.54, 1.807) is 25.0 Å². The second-order valence-corrected chi connectivity index (χ2v) is 4.80. The normalized spacial score (nSPS) is 19.9. The predicted molar refractivity (Wildman–Crippen MR) is 75.5 cm³/mol. The molecule has 0 bridgehead atoms. The molecule has 1 aromatic carbocycles. The van der Waals surface area contributed by atoms with Crippen LogP contribution in [0.2, 0.25) is 0 Å². The van der Waals surface area contributed by atoms with Gasteiger partial charge in [-0.15, -0.1) is 0 Å². The molecule has 0 spiro atoms. The van der Waals surface area contributed by atoms with Crippen molar-refractivity contribution in [1.29, 1.82) is 0 Å². The number of anilines is 1. The zero-order valence-electron chi connectivity index (χ0n) is 11.6. The lowest BCUT2D eigenvalue weighted by Crippen LogP contribution is -2.47. The van der Waals surface area contributed by atoms with Crippen LogP contribution in [0.3, 0.4) is 0 Å². The molecule has 1 aliphatic rings. The van der Waals surface area contributed by atoms with Gasteiger partial charge >= 0.3 is 0 Å². The van der Waals surface area contributed by atoms with E-state index in [1.165, 1.54) is 0 Å². The third kappa shape index (κ3) is 2.75. The van der Waals surface area contributed by atoms with Crippen molar-refractivity contribution >= 4 is 17.5 Å². The number of hydrogen-bond donors (Lipinski definition) is 2. The van der Waals surface area contributed by atoms with E-state index in [2.05, 4.69) is 5.32 Å². The highest BCUT2D eigenvalue weighted by Gasteiger charge is 2.35. The highest BCUT2D eigenvalue weighted by molar-refractivity contribution is 6.02. The number of hydrogen-bond acceptors (Lipinski definition) is 4. The van der Waals surface area contributed by atoms with Crippen molar-refractivity contribution < 1.29 is 14.3 Å². The smallest absolute Gasteiger partial charge is 0.249 e. The van der Waals surface area contributed by atoms with E-state index in [4.69, 9.17) is 10.5 Å². The van der Waals surface area contributed by atoms with Gasteiger partial charge in [-0.05, 0) is 25.5 Å². The summed E-state index contributed by atoms with van der Waals surface area (Å²) in [6.45, 7) is 2.13. The Bertz CT molecular complexity index is 516. The first-order chi connectivity index (χ1) is 9.54. The summed E-state index contributed by atoms with van der Waals surface area (Å²) in [4.78, 5) is 25.6. The zero-order chi connectivity index (χ0) is 14.7. The summed E-state index contributed by atoms with van der Waals surface area (Å²) in [5.74, 6) is 0.189. The highest BCUT2D eigenvalue weighted by atomic mass is 16.5.